The molecule has 1 saturated heterocycles. The van der Waals surface area contributed by atoms with Crippen LogP contribution in [-0.4, -0.2) is 26.3 Å². The Bertz CT molecular complexity index is 256. The summed E-state index contributed by atoms with van der Waals surface area (Å²) in [5.74, 6) is 0. The summed E-state index contributed by atoms with van der Waals surface area (Å²) in [6, 6.07) is 0.493. The first kappa shape index (κ1) is 11.9. The van der Waals surface area contributed by atoms with E-state index in [9.17, 15) is 8.42 Å². The van der Waals surface area contributed by atoms with Crippen LogP contribution in [0.2, 0.25) is 0 Å². The van der Waals surface area contributed by atoms with Gasteiger partial charge in [-0.2, -0.15) is 0 Å². The molecule has 1 fully saturated rings. The van der Waals surface area contributed by atoms with Gasteiger partial charge in [-0.15, -0.1) is 0 Å². The molecule has 2 unspecified atom stereocenters. The summed E-state index contributed by atoms with van der Waals surface area (Å²) in [6.07, 6.45) is 5.18. The number of nitrogens with one attached hydrogen (secondary N) is 1. The molecule has 4 nitrogen and oxygen atoms in total. The molecule has 3 N–H and O–H groups in total. The Morgan fingerprint density at radius 2 is 2.14 bits per heavy atom. The normalized spacial score (nSPS) is 29.0. The second kappa shape index (κ2) is 5.09. The SMILES string of the molecule is CCCCC1CCC(S(N)(=O)=O)CN1. The molecule has 0 saturated carbocycles. The number of sulfonamides is 1. The summed E-state index contributed by atoms with van der Waals surface area (Å²) in [4.78, 5) is 0. The highest BCUT2D eigenvalue weighted by atomic mass is 32.2. The third-order valence-corrected chi connectivity index (χ3v) is 4.17. The molecule has 0 aliphatic carbocycles. The van der Waals surface area contributed by atoms with Gasteiger partial charge in [0.15, 0.2) is 0 Å². The first-order valence-corrected chi connectivity index (χ1v) is 6.90. The molecule has 84 valence electrons. The Balaban J connectivity index is 2.31. The maximum Gasteiger partial charge on any atom is 0.213 e. The van der Waals surface area contributed by atoms with Crippen LogP contribution in [0.5, 0.6) is 0 Å². The van der Waals surface area contributed by atoms with E-state index in [1.54, 1.807) is 0 Å². The van der Waals surface area contributed by atoms with E-state index in [2.05, 4.69) is 12.2 Å². The van der Waals surface area contributed by atoms with Gasteiger partial charge >= 0.3 is 0 Å². The van der Waals surface area contributed by atoms with Crippen LogP contribution in [0.1, 0.15) is 39.0 Å². The van der Waals surface area contributed by atoms with Gasteiger partial charge in [-0.05, 0) is 19.3 Å². The van der Waals surface area contributed by atoms with Crippen LogP contribution in [0, 0.1) is 0 Å². The summed E-state index contributed by atoms with van der Waals surface area (Å²) in [7, 11) is -3.33. The number of unbranched alkanes of at least 4 members (excludes halogenated alkanes) is 1. The monoisotopic (exact) mass is 220 g/mol. The van der Waals surface area contributed by atoms with Crippen molar-refractivity contribution in [2.45, 2.75) is 50.3 Å². The van der Waals surface area contributed by atoms with E-state index in [4.69, 9.17) is 5.14 Å². The number of hydrogen-bond acceptors (Lipinski definition) is 3. The summed E-state index contributed by atoms with van der Waals surface area (Å²) in [5, 5.41) is 7.96. The second-order valence-electron chi connectivity index (χ2n) is 4.04. The predicted molar refractivity (Wildman–Crippen MR) is 57.4 cm³/mol. The highest BCUT2D eigenvalue weighted by Gasteiger charge is 2.27. The van der Waals surface area contributed by atoms with E-state index >= 15 is 0 Å². The summed E-state index contributed by atoms with van der Waals surface area (Å²) >= 11 is 0. The van der Waals surface area contributed by atoms with Crippen molar-refractivity contribution in [3.63, 3.8) is 0 Å². The third kappa shape index (κ3) is 3.55. The van der Waals surface area contributed by atoms with Gasteiger partial charge in [-0.1, -0.05) is 19.8 Å². The van der Waals surface area contributed by atoms with Crippen LogP contribution in [0.25, 0.3) is 0 Å². The van der Waals surface area contributed by atoms with E-state index in [0.29, 0.717) is 19.0 Å². The molecule has 1 aliphatic heterocycles. The Labute approximate surface area is 86.3 Å². The fourth-order valence-corrected chi connectivity index (χ4v) is 2.66. The maximum atomic E-state index is 11.0. The molecule has 5 heteroatoms. The summed E-state index contributed by atoms with van der Waals surface area (Å²) < 4.78 is 22.1. The number of hydrogen-bond donors (Lipinski definition) is 2. The molecule has 1 rings (SSSR count). The Morgan fingerprint density at radius 3 is 2.57 bits per heavy atom. The van der Waals surface area contributed by atoms with E-state index < -0.39 is 10.0 Å². The van der Waals surface area contributed by atoms with Gasteiger partial charge in [0.2, 0.25) is 10.0 Å². The number of nitrogens with two attached hydrogens (primary N) is 1. The van der Waals surface area contributed by atoms with Crippen molar-refractivity contribution in [1.82, 2.24) is 5.32 Å². The standard InChI is InChI=1S/C9H20N2O2S/c1-2-3-4-8-5-6-9(7-11-8)14(10,12)13/h8-9,11H,2-7H2,1H3,(H2,10,12,13). The fourth-order valence-electron chi connectivity index (χ4n) is 1.87. The quantitative estimate of drug-likeness (QED) is 0.728. The third-order valence-electron chi connectivity index (χ3n) is 2.84. The first-order chi connectivity index (χ1) is 6.54. The van der Waals surface area contributed by atoms with E-state index in [0.717, 1.165) is 12.8 Å². The largest absolute Gasteiger partial charge is 0.313 e. The highest BCUT2D eigenvalue weighted by molar-refractivity contribution is 7.89. The van der Waals surface area contributed by atoms with Gasteiger partial charge in [0.25, 0.3) is 0 Å². The molecular weight excluding hydrogens is 200 g/mol. The van der Waals surface area contributed by atoms with Gasteiger partial charge in [0.05, 0.1) is 5.25 Å². The number of piperidine rings is 1. The lowest BCUT2D eigenvalue weighted by molar-refractivity contribution is 0.373. The number of primary sulfonamides is 1. The van der Waals surface area contributed by atoms with Gasteiger partial charge in [0.1, 0.15) is 0 Å². The molecule has 1 heterocycles. The summed E-state index contributed by atoms with van der Waals surface area (Å²) in [5.41, 5.74) is 0. The molecule has 0 aromatic carbocycles. The highest BCUT2D eigenvalue weighted by Crippen LogP contribution is 2.16. The van der Waals surface area contributed by atoms with E-state index in [1.807, 2.05) is 0 Å². The van der Waals surface area contributed by atoms with Crippen LogP contribution in [-0.2, 0) is 10.0 Å². The molecule has 0 aromatic heterocycles. The average Bonchev–Trinajstić information content (AvgIpc) is 2.14. The molecule has 0 amide bonds. The minimum absolute atomic E-state index is 0.375. The Hall–Kier alpha value is -0.130. The fraction of sp³-hybridized carbons (Fsp3) is 1.00. The lowest BCUT2D eigenvalue weighted by Crippen LogP contribution is -2.46. The van der Waals surface area contributed by atoms with Crippen molar-refractivity contribution in [2.24, 2.45) is 5.14 Å². The zero-order chi connectivity index (χ0) is 10.6. The lowest BCUT2D eigenvalue weighted by Gasteiger charge is -2.28. The zero-order valence-corrected chi connectivity index (χ0v) is 9.52. The smallest absolute Gasteiger partial charge is 0.213 e. The van der Waals surface area contributed by atoms with Gasteiger partial charge in [-0.3, -0.25) is 0 Å². The lowest BCUT2D eigenvalue weighted by atomic mass is 10.00. The van der Waals surface area contributed by atoms with Crippen LogP contribution in [0.4, 0.5) is 0 Å². The maximum absolute atomic E-state index is 11.0. The predicted octanol–water partition coefficient (Wildman–Crippen LogP) is 0.586. The molecule has 2 atom stereocenters. The van der Waals surface area contributed by atoms with Gasteiger partial charge < -0.3 is 5.32 Å². The Morgan fingerprint density at radius 1 is 1.43 bits per heavy atom. The van der Waals surface area contributed by atoms with Crippen molar-refractivity contribution in [3.8, 4) is 0 Å². The number of rotatable bonds is 4. The molecule has 0 spiro atoms. The average molecular weight is 220 g/mol. The van der Waals surface area contributed by atoms with Crippen molar-refractivity contribution in [1.29, 1.82) is 0 Å². The molecular formula is C9H20N2O2S. The molecule has 0 radical (unpaired) electrons. The van der Waals surface area contributed by atoms with Crippen LogP contribution < -0.4 is 10.5 Å². The molecule has 1 aliphatic rings. The van der Waals surface area contributed by atoms with Crippen molar-refractivity contribution >= 4 is 10.0 Å². The van der Waals surface area contributed by atoms with Crippen LogP contribution in [0.15, 0.2) is 0 Å². The zero-order valence-electron chi connectivity index (χ0n) is 8.70. The Kier molecular flexibility index (Phi) is 4.34. The van der Waals surface area contributed by atoms with Crippen molar-refractivity contribution in [3.05, 3.63) is 0 Å². The van der Waals surface area contributed by atoms with Crippen LogP contribution >= 0.6 is 0 Å². The van der Waals surface area contributed by atoms with E-state index in [-0.39, 0.29) is 5.25 Å². The van der Waals surface area contributed by atoms with Crippen molar-refractivity contribution in [2.75, 3.05) is 6.54 Å². The molecule has 0 bridgehead atoms. The van der Waals surface area contributed by atoms with Crippen LogP contribution in [0.3, 0.4) is 0 Å². The summed E-state index contributed by atoms with van der Waals surface area (Å²) in [6.45, 7) is 2.68. The molecule has 14 heavy (non-hydrogen) atoms. The minimum atomic E-state index is -3.33. The minimum Gasteiger partial charge on any atom is -0.313 e. The second-order valence-corrected chi connectivity index (χ2v) is 5.88. The van der Waals surface area contributed by atoms with Crippen molar-refractivity contribution < 1.29 is 8.42 Å². The molecule has 0 aromatic rings. The van der Waals surface area contributed by atoms with E-state index in [1.165, 1.54) is 12.8 Å². The topological polar surface area (TPSA) is 72.2 Å². The first-order valence-electron chi connectivity index (χ1n) is 5.29. The van der Waals surface area contributed by atoms with Gasteiger partial charge in [-0.25, -0.2) is 13.6 Å². The van der Waals surface area contributed by atoms with Gasteiger partial charge in [0, 0.05) is 12.6 Å².